The average molecular weight is 666 g/mol. The van der Waals surface area contributed by atoms with Crippen LogP contribution in [0.25, 0.3) is 21.9 Å². The van der Waals surface area contributed by atoms with E-state index in [0.29, 0.717) is 137 Å². The van der Waals surface area contributed by atoms with Crippen LogP contribution in [-0.4, -0.2) is 132 Å². The van der Waals surface area contributed by atoms with E-state index < -0.39 is 5.60 Å². The molecule has 266 valence electrons. The van der Waals surface area contributed by atoms with Crippen LogP contribution >= 0.6 is 0 Å². The van der Waals surface area contributed by atoms with Crippen LogP contribution in [0.1, 0.15) is 26.6 Å². The molecule has 0 amide bonds. The van der Waals surface area contributed by atoms with Crippen LogP contribution in [0.3, 0.4) is 0 Å². The topological polar surface area (TPSA) is 166 Å². The zero-order valence-corrected chi connectivity index (χ0v) is 28.4. The average Bonchev–Trinajstić information content (AvgIpc) is 3.42. The number of fused-ring (bicyclic) bond motifs is 3. The molecular formula is C33H55N5O9. The number of benzene rings is 1. The molecule has 0 unspecified atom stereocenters. The van der Waals surface area contributed by atoms with Gasteiger partial charge in [-0.3, -0.25) is 0 Å². The number of ether oxygens (including phenoxy) is 9. The molecule has 0 radical (unpaired) electrons. The monoisotopic (exact) mass is 665 g/mol. The summed E-state index contributed by atoms with van der Waals surface area (Å²) in [5, 5.41) is 0.991. The fraction of sp³-hybridized carbons (Fsp3) is 0.697. The van der Waals surface area contributed by atoms with Crippen LogP contribution in [0.4, 0.5) is 5.82 Å². The minimum absolute atomic E-state index is 0.372. The van der Waals surface area contributed by atoms with Crippen LogP contribution in [0, 0.1) is 0 Å². The normalized spacial score (nSPS) is 12.2. The molecule has 0 saturated carbocycles. The highest BCUT2D eigenvalue weighted by molar-refractivity contribution is 6.06. The van der Waals surface area contributed by atoms with Gasteiger partial charge in [0.25, 0.3) is 0 Å². The predicted molar refractivity (Wildman–Crippen MR) is 180 cm³/mol. The molecule has 14 heteroatoms. The molecule has 0 saturated heterocycles. The molecule has 3 rings (SSSR count). The van der Waals surface area contributed by atoms with E-state index in [2.05, 4.69) is 23.4 Å². The number of nitrogens with zero attached hydrogens (tertiary/aromatic N) is 3. The van der Waals surface area contributed by atoms with Crippen molar-refractivity contribution in [3.63, 3.8) is 0 Å². The van der Waals surface area contributed by atoms with Gasteiger partial charge in [-0.25, -0.2) is 9.97 Å². The highest BCUT2D eigenvalue weighted by Crippen LogP contribution is 2.30. The molecule has 14 nitrogen and oxygen atoms in total. The molecule has 1 aromatic carbocycles. The Labute approximate surface area is 278 Å². The standard InChI is InChI=1S/C33H55N5O9/c1-4-39-25-29-37-30-31(27-7-5-6-8-28(27)36-32(30)35)38(29)26-33(2,3)47-24-23-46-22-21-45-20-19-44-18-17-43-16-15-42-14-13-41-12-11-40-10-9-34/h5-8H,4,9-26,34H2,1-3H3,(H2,35,36). The van der Waals surface area contributed by atoms with Crippen molar-refractivity contribution >= 4 is 27.8 Å². The van der Waals surface area contributed by atoms with Gasteiger partial charge < -0.3 is 58.7 Å². The molecule has 0 spiro atoms. The summed E-state index contributed by atoms with van der Waals surface area (Å²) < 4.78 is 52.5. The van der Waals surface area contributed by atoms with Gasteiger partial charge in [-0.05, 0) is 26.8 Å². The molecular weight excluding hydrogens is 610 g/mol. The number of hydrogen-bond donors (Lipinski definition) is 2. The van der Waals surface area contributed by atoms with Crippen LogP contribution in [-0.2, 0) is 55.8 Å². The first kappa shape index (κ1) is 38.9. The van der Waals surface area contributed by atoms with Gasteiger partial charge in [-0.1, -0.05) is 18.2 Å². The number of pyridine rings is 1. The highest BCUT2D eigenvalue weighted by atomic mass is 16.6. The molecule has 0 bridgehead atoms. The first-order chi connectivity index (χ1) is 23.0. The lowest BCUT2D eigenvalue weighted by atomic mass is 10.1. The van der Waals surface area contributed by atoms with Crippen molar-refractivity contribution < 1.29 is 42.6 Å². The maximum atomic E-state index is 6.31. The molecule has 0 aliphatic rings. The largest absolute Gasteiger partial charge is 0.382 e. The lowest BCUT2D eigenvalue weighted by Gasteiger charge is -2.27. The molecule has 2 heterocycles. The van der Waals surface area contributed by atoms with Gasteiger partial charge in [0.05, 0.1) is 122 Å². The van der Waals surface area contributed by atoms with Gasteiger partial charge in [0.2, 0.25) is 0 Å². The first-order valence-corrected chi connectivity index (χ1v) is 16.5. The molecule has 0 fully saturated rings. The van der Waals surface area contributed by atoms with Crippen molar-refractivity contribution in [2.24, 2.45) is 5.73 Å². The first-order valence-electron chi connectivity index (χ1n) is 16.5. The zero-order valence-electron chi connectivity index (χ0n) is 28.4. The van der Waals surface area contributed by atoms with Crippen molar-refractivity contribution in [2.45, 2.75) is 39.5 Å². The van der Waals surface area contributed by atoms with Gasteiger partial charge in [-0.15, -0.1) is 0 Å². The van der Waals surface area contributed by atoms with Crippen LogP contribution in [0.5, 0.6) is 0 Å². The zero-order chi connectivity index (χ0) is 33.6. The highest BCUT2D eigenvalue weighted by Gasteiger charge is 2.25. The van der Waals surface area contributed by atoms with Gasteiger partial charge in [0, 0.05) is 18.5 Å². The Balaban J connectivity index is 1.21. The van der Waals surface area contributed by atoms with Crippen LogP contribution < -0.4 is 11.5 Å². The van der Waals surface area contributed by atoms with Gasteiger partial charge >= 0.3 is 0 Å². The Bertz CT molecular complexity index is 1260. The van der Waals surface area contributed by atoms with Gasteiger partial charge in [0.15, 0.2) is 5.82 Å². The van der Waals surface area contributed by atoms with Crippen molar-refractivity contribution in [1.82, 2.24) is 14.5 Å². The van der Waals surface area contributed by atoms with E-state index in [4.69, 9.17) is 59.1 Å². The number of rotatable bonds is 29. The number of aromatic nitrogens is 3. The summed E-state index contributed by atoms with van der Waals surface area (Å²) in [7, 11) is 0. The van der Waals surface area contributed by atoms with Gasteiger partial charge in [-0.2, -0.15) is 0 Å². The number of imidazole rings is 1. The lowest BCUT2D eigenvalue weighted by Crippen LogP contribution is -2.32. The van der Waals surface area contributed by atoms with Crippen LogP contribution in [0.15, 0.2) is 24.3 Å². The Kier molecular flexibility index (Phi) is 19.0. The fourth-order valence-corrected chi connectivity index (χ4v) is 4.69. The molecule has 3 aromatic rings. The smallest absolute Gasteiger partial charge is 0.152 e. The summed E-state index contributed by atoms with van der Waals surface area (Å²) in [5.41, 5.74) is 13.6. The fourth-order valence-electron chi connectivity index (χ4n) is 4.69. The molecule has 0 aliphatic heterocycles. The summed E-state index contributed by atoms with van der Waals surface area (Å²) in [5.74, 6) is 1.19. The molecule has 2 aromatic heterocycles. The van der Waals surface area contributed by atoms with E-state index in [-0.39, 0.29) is 0 Å². The second-order valence-electron chi connectivity index (χ2n) is 11.1. The third-order valence-electron chi connectivity index (χ3n) is 6.88. The van der Waals surface area contributed by atoms with E-state index >= 15 is 0 Å². The van der Waals surface area contributed by atoms with Crippen molar-refractivity contribution in [1.29, 1.82) is 0 Å². The minimum Gasteiger partial charge on any atom is -0.382 e. The number of nitrogens with two attached hydrogens (primary N) is 2. The van der Waals surface area contributed by atoms with E-state index in [1.54, 1.807) is 0 Å². The number of nitrogen functional groups attached to an aromatic ring is 1. The number of hydrogen-bond acceptors (Lipinski definition) is 13. The Morgan fingerprint density at radius 3 is 1.66 bits per heavy atom. The second-order valence-corrected chi connectivity index (χ2v) is 11.1. The molecule has 4 N–H and O–H groups in total. The summed E-state index contributed by atoms with van der Waals surface area (Å²) in [6, 6.07) is 7.95. The number of para-hydroxylation sites is 1. The van der Waals surface area contributed by atoms with Crippen molar-refractivity contribution in [3.05, 3.63) is 30.1 Å². The SMILES string of the molecule is CCOCc1nc2c(N)nc3ccccc3c2n1CC(C)(C)OCCOCCOCCOCCOCCOCCOCCOCCN. The number of anilines is 1. The van der Waals surface area contributed by atoms with E-state index in [1.807, 2.05) is 31.2 Å². The maximum Gasteiger partial charge on any atom is 0.152 e. The Morgan fingerprint density at radius 2 is 1.15 bits per heavy atom. The molecule has 47 heavy (non-hydrogen) atoms. The molecule has 0 aliphatic carbocycles. The summed E-state index contributed by atoms with van der Waals surface area (Å²) in [6.07, 6.45) is 0. The summed E-state index contributed by atoms with van der Waals surface area (Å²) >= 11 is 0. The summed E-state index contributed by atoms with van der Waals surface area (Å²) in [6.45, 7) is 15.7. The van der Waals surface area contributed by atoms with Gasteiger partial charge in [0.1, 0.15) is 17.9 Å². The third kappa shape index (κ3) is 14.7. The maximum absolute atomic E-state index is 6.31. The Hall–Kier alpha value is -2.50. The Morgan fingerprint density at radius 1 is 0.660 bits per heavy atom. The quantitative estimate of drug-likeness (QED) is 0.104. The third-order valence-corrected chi connectivity index (χ3v) is 6.88. The van der Waals surface area contributed by atoms with Crippen LogP contribution in [0.2, 0.25) is 0 Å². The molecule has 0 atom stereocenters. The lowest BCUT2D eigenvalue weighted by molar-refractivity contribution is -0.0621. The minimum atomic E-state index is -0.503. The second kappa shape index (κ2) is 23.0. The van der Waals surface area contributed by atoms with E-state index in [1.165, 1.54) is 0 Å². The summed E-state index contributed by atoms with van der Waals surface area (Å²) in [4.78, 5) is 9.36. The van der Waals surface area contributed by atoms with E-state index in [0.717, 1.165) is 22.2 Å². The predicted octanol–water partition coefficient (Wildman–Crippen LogP) is 2.57. The van der Waals surface area contributed by atoms with E-state index in [9.17, 15) is 0 Å². The van der Waals surface area contributed by atoms with Crippen molar-refractivity contribution in [3.8, 4) is 0 Å². The van der Waals surface area contributed by atoms with Crippen molar-refractivity contribution in [2.75, 3.05) is 118 Å².